The van der Waals surface area contributed by atoms with Gasteiger partial charge < -0.3 is 13.9 Å². The standard InChI is InChI=1S/C17H20O4/c1-4-5-8-13-10-12-7-6-9-14(16(12)21-13)15(11-19-2)17(18)20-3/h6-7,9-11H,4-5,8H2,1-3H3/b15-11+. The minimum absolute atomic E-state index is 0.349. The van der Waals surface area contributed by atoms with E-state index in [9.17, 15) is 4.79 Å². The summed E-state index contributed by atoms with van der Waals surface area (Å²) in [5.74, 6) is 0.483. The maximum Gasteiger partial charge on any atom is 0.341 e. The molecular weight excluding hydrogens is 268 g/mol. The predicted octanol–water partition coefficient (Wildman–Crippen LogP) is 3.94. The number of rotatable bonds is 6. The number of aryl methyl sites for hydroxylation is 1. The molecule has 0 amide bonds. The zero-order chi connectivity index (χ0) is 15.2. The van der Waals surface area contributed by atoms with Crippen molar-refractivity contribution >= 4 is 22.5 Å². The molecule has 4 nitrogen and oxygen atoms in total. The van der Waals surface area contributed by atoms with Crippen molar-refractivity contribution in [3.63, 3.8) is 0 Å². The molecule has 2 rings (SSSR count). The van der Waals surface area contributed by atoms with Gasteiger partial charge in [0.05, 0.1) is 20.5 Å². The van der Waals surface area contributed by atoms with Gasteiger partial charge in [-0.1, -0.05) is 31.5 Å². The maximum atomic E-state index is 11.9. The Balaban J connectivity index is 2.49. The van der Waals surface area contributed by atoms with Crippen LogP contribution in [0.25, 0.3) is 16.5 Å². The number of carbonyl (C=O) groups excluding carboxylic acids is 1. The average Bonchev–Trinajstić information content (AvgIpc) is 2.92. The highest BCUT2D eigenvalue weighted by atomic mass is 16.5. The molecule has 0 atom stereocenters. The van der Waals surface area contributed by atoms with Gasteiger partial charge >= 0.3 is 5.97 Å². The summed E-state index contributed by atoms with van der Waals surface area (Å²) in [4.78, 5) is 11.9. The second-order valence-electron chi connectivity index (χ2n) is 4.80. The maximum absolute atomic E-state index is 11.9. The molecule has 0 aliphatic rings. The van der Waals surface area contributed by atoms with Crippen LogP contribution in [-0.4, -0.2) is 20.2 Å². The van der Waals surface area contributed by atoms with Crippen LogP contribution < -0.4 is 0 Å². The van der Waals surface area contributed by atoms with Crippen molar-refractivity contribution in [2.75, 3.05) is 14.2 Å². The second kappa shape index (κ2) is 6.97. The molecule has 0 unspecified atom stereocenters. The van der Waals surface area contributed by atoms with Crippen molar-refractivity contribution < 1.29 is 18.7 Å². The van der Waals surface area contributed by atoms with E-state index in [4.69, 9.17) is 13.9 Å². The lowest BCUT2D eigenvalue weighted by atomic mass is 10.0. The van der Waals surface area contributed by atoms with Gasteiger partial charge in [-0.05, 0) is 12.5 Å². The molecule has 2 aromatic rings. The van der Waals surface area contributed by atoms with Crippen molar-refractivity contribution in [1.29, 1.82) is 0 Å². The summed E-state index contributed by atoms with van der Waals surface area (Å²) >= 11 is 0. The normalized spacial score (nSPS) is 11.7. The quantitative estimate of drug-likeness (QED) is 0.459. The predicted molar refractivity (Wildman–Crippen MR) is 81.8 cm³/mol. The fourth-order valence-corrected chi connectivity index (χ4v) is 2.25. The Morgan fingerprint density at radius 2 is 2.14 bits per heavy atom. The molecule has 1 aromatic carbocycles. The first kappa shape index (κ1) is 15.2. The SMILES string of the molecule is CCCCc1cc2cccc(/C(=C\OC)C(=O)OC)c2o1. The zero-order valence-electron chi connectivity index (χ0n) is 12.6. The number of unbranched alkanes of at least 4 members (excludes halogenated alkanes) is 1. The van der Waals surface area contributed by atoms with Crippen LogP contribution >= 0.6 is 0 Å². The molecule has 1 heterocycles. The molecular formula is C17H20O4. The van der Waals surface area contributed by atoms with E-state index >= 15 is 0 Å². The smallest absolute Gasteiger partial charge is 0.341 e. The Labute approximate surface area is 124 Å². The van der Waals surface area contributed by atoms with E-state index in [-0.39, 0.29) is 0 Å². The van der Waals surface area contributed by atoms with E-state index < -0.39 is 5.97 Å². The van der Waals surface area contributed by atoms with Crippen LogP contribution in [0.2, 0.25) is 0 Å². The molecule has 0 saturated carbocycles. The fraction of sp³-hybridized carbons (Fsp3) is 0.353. The minimum Gasteiger partial charge on any atom is -0.503 e. The molecule has 21 heavy (non-hydrogen) atoms. The van der Waals surface area contributed by atoms with Gasteiger partial charge in [-0.3, -0.25) is 0 Å². The molecule has 112 valence electrons. The number of para-hydroxylation sites is 1. The summed E-state index contributed by atoms with van der Waals surface area (Å²) in [5.41, 5.74) is 1.73. The third-order valence-electron chi connectivity index (χ3n) is 3.30. The van der Waals surface area contributed by atoms with Gasteiger partial charge in [0.15, 0.2) is 0 Å². The molecule has 0 aliphatic carbocycles. The van der Waals surface area contributed by atoms with Crippen molar-refractivity contribution in [1.82, 2.24) is 0 Å². The summed E-state index contributed by atoms with van der Waals surface area (Å²) in [7, 11) is 2.85. The second-order valence-corrected chi connectivity index (χ2v) is 4.80. The topological polar surface area (TPSA) is 48.7 Å². The molecule has 4 heteroatoms. The lowest BCUT2D eigenvalue weighted by Gasteiger charge is -2.06. The highest BCUT2D eigenvalue weighted by Gasteiger charge is 2.18. The van der Waals surface area contributed by atoms with Gasteiger partial charge in [-0.15, -0.1) is 0 Å². The van der Waals surface area contributed by atoms with E-state index in [0.29, 0.717) is 16.7 Å². The zero-order valence-corrected chi connectivity index (χ0v) is 12.6. The van der Waals surface area contributed by atoms with Gasteiger partial charge in [-0.25, -0.2) is 4.79 Å². The summed E-state index contributed by atoms with van der Waals surface area (Å²) in [6.45, 7) is 2.14. The van der Waals surface area contributed by atoms with Crippen LogP contribution in [0.3, 0.4) is 0 Å². The average molecular weight is 288 g/mol. The summed E-state index contributed by atoms with van der Waals surface area (Å²) < 4.78 is 15.7. The summed E-state index contributed by atoms with van der Waals surface area (Å²) in [6.07, 6.45) is 4.47. The fourth-order valence-electron chi connectivity index (χ4n) is 2.25. The van der Waals surface area contributed by atoms with E-state index in [1.165, 1.54) is 20.5 Å². The number of ether oxygens (including phenoxy) is 2. The largest absolute Gasteiger partial charge is 0.503 e. The number of hydrogen-bond donors (Lipinski definition) is 0. The third kappa shape index (κ3) is 3.27. The number of furan rings is 1. The molecule has 0 fully saturated rings. The van der Waals surface area contributed by atoms with Crippen LogP contribution in [-0.2, 0) is 20.7 Å². The third-order valence-corrected chi connectivity index (χ3v) is 3.30. The lowest BCUT2D eigenvalue weighted by molar-refractivity contribution is -0.133. The molecule has 0 N–H and O–H groups in total. The van der Waals surface area contributed by atoms with Gasteiger partial charge in [0, 0.05) is 17.4 Å². The Bertz CT molecular complexity index is 652. The van der Waals surface area contributed by atoms with Crippen molar-refractivity contribution in [3.8, 4) is 0 Å². The van der Waals surface area contributed by atoms with E-state index in [0.717, 1.165) is 30.4 Å². The van der Waals surface area contributed by atoms with Crippen LogP contribution in [0.4, 0.5) is 0 Å². The first-order valence-corrected chi connectivity index (χ1v) is 7.04. The van der Waals surface area contributed by atoms with Gasteiger partial charge in [0.25, 0.3) is 0 Å². The van der Waals surface area contributed by atoms with E-state index in [1.807, 2.05) is 24.3 Å². The number of carbonyl (C=O) groups is 1. The van der Waals surface area contributed by atoms with Crippen molar-refractivity contribution in [2.24, 2.45) is 0 Å². The Morgan fingerprint density at radius 1 is 1.33 bits per heavy atom. The number of hydrogen-bond acceptors (Lipinski definition) is 4. The minimum atomic E-state index is -0.448. The molecule has 0 bridgehead atoms. The van der Waals surface area contributed by atoms with Crippen molar-refractivity contribution in [3.05, 3.63) is 41.9 Å². The molecule has 1 aromatic heterocycles. The van der Waals surface area contributed by atoms with Crippen molar-refractivity contribution in [2.45, 2.75) is 26.2 Å². The number of benzene rings is 1. The van der Waals surface area contributed by atoms with E-state index in [1.54, 1.807) is 0 Å². The highest BCUT2D eigenvalue weighted by molar-refractivity contribution is 6.19. The van der Waals surface area contributed by atoms with Gasteiger partial charge in [-0.2, -0.15) is 0 Å². The Morgan fingerprint density at radius 3 is 2.81 bits per heavy atom. The lowest BCUT2D eigenvalue weighted by Crippen LogP contribution is -2.04. The molecule has 0 aliphatic heterocycles. The van der Waals surface area contributed by atoms with E-state index in [2.05, 4.69) is 6.92 Å². The Kier molecular flexibility index (Phi) is 5.04. The van der Waals surface area contributed by atoms with Gasteiger partial charge in [0.2, 0.25) is 0 Å². The highest BCUT2D eigenvalue weighted by Crippen LogP contribution is 2.29. The van der Waals surface area contributed by atoms with Crippen LogP contribution in [0, 0.1) is 0 Å². The number of fused-ring (bicyclic) bond motifs is 1. The summed E-state index contributed by atoms with van der Waals surface area (Å²) in [6, 6.07) is 7.72. The number of methoxy groups -OCH3 is 2. The first-order chi connectivity index (χ1) is 10.2. The summed E-state index contributed by atoms with van der Waals surface area (Å²) in [5, 5.41) is 0.976. The van der Waals surface area contributed by atoms with Gasteiger partial charge in [0.1, 0.15) is 16.9 Å². The Hall–Kier alpha value is -2.23. The van der Waals surface area contributed by atoms with Crippen LogP contribution in [0.1, 0.15) is 31.1 Å². The molecule has 0 saturated heterocycles. The molecule has 0 radical (unpaired) electrons. The van der Waals surface area contributed by atoms with Crippen LogP contribution in [0.15, 0.2) is 34.9 Å². The monoisotopic (exact) mass is 288 g/mol. The molecule has 0 spiro atoms. The van der Waals surface area contributed by atoms with Crippen LogP contribution in [0.5, 0.6) is 0 Å². The first-order valence-electron chi connectivity index (χ1n) is 7.04. The number of esters is 1.